The lowest BCUT2D eigenvalue weighted by atomic mass is 9.93. The minimum absolute atomic E-state index is 0.0213. The number of furan rings is 1. The van der Waals surface area contributed by atoms with Crippen LogP contribution in [0.15, 0.2) is 28.9 Å². The third-order valence-corrected chi connectivity index (χ3v) is 4.51. The number of halogens is 1. The van der Waals surface area contributed by atoms with E-state index in [2.05, 4.69) is 10.6 Å². The Morgan fingerprint density at radius 1 is 1.38 bits per heavy atom. The minimum atomic E-state index is 0.0213. The lowest BCUT2D eigenvalue weighted by Crippen LogP contribution is -2.16. The third-order valence-electron chi connectivity index (χ3n) is 4.20. The van der Waals surface area contributed by atoms with Crippen LogP contribution in [0.4, 0.5) is 11.4 Å². The average Bonchev–Trinajstić information content (AvgIpc) is 3.05. The molecule has 0 radical (unpaired) electrons. The minimum Gasteiger partial charge on any atom is -0.469 e. The molecule has 5 heteroatoms. The van der Waals surface area contributed by atoms with Gasteiger partial charge in [0.15, 0.2) is 0 Å². The van der Waals surface area contributed by atoms with Gasteiger partial charge in [-0.25, -0.2) is 0 Å². The van der Waals surface area contributed by atoms with Crippen LogP contribution < -0.4 is 10.6 Å². The summed E-state index contributed by atoms with van der Waals surface area (Å²) in [6, 6.07) is 6.04. The molecule has 1 aliphatic heterocycles. The Labute approximate surface area is 127 Å². The number of nitrogens with one attached hydrogen (secondary N) is 2. The van der Waals surface area contributed by atoms with Crippen LogP contribution in [-0.4, -0.2) is 5.91 Å². The van der Waals surface area contributed by atoms with E-state index in [-0.39, 0.29) is 11.9 Å². The van der Waals surface area contributed by atoms with E-state index in [1.54, 1.807) is 6.26 Å². The maximum Gasteiger partial charge on any atom is 0.228 e. The molecule has 0 fully saturated rings. The molecule has 1 aromatic carbocycles. The Morgan fingerprint density at radius 2 is 2.29 bits per heavy atom. The molecule has 4 nitrogen and oxygen atoms in total. The fraction of sp³-hybridized carbons (Fsp3) is 0.312. The average molecular weight is 303 g/mol. The van der Waals surface area contributed by atoms with Crippen molar-refractivity contribution in [3.05, 3.63) is 46.4 Å². The van der Waals surface area contributed by atoms with Crippen molar-refractivity contribution >= 4 is 28.9 Å². The van der Waals surface area contributed by atoms with E-state index < -0.39 is 0 Å². The van der Waals surface area contributed by atoms with Gasteiger partial charge in [0.25, 0.3) is 0 Å². The van der Waals surface area contributed by atoms with Crippen LogP contribution in [0, 0.1) is 0 Å². The maximum absolute atomic E-state index is 11.5. The molecule has 0 saturated heterocycles. The van der Waals surface area contributed by atoms with Gasteiger partial charge in [-0.1, -0.05) is 11.6 Å². The zero-order chi connectivity index (χ0) is 14.4. The molecule has 1 amide bonds. The molecule has 2 aromatic rings. The molecule has 1 aromatic heterocycles. The molecule has 0 bridgehead atoms. The second kappa shape index (κ2) is 4.81. The van der Waals surface area contributed by atoms with Crippen molar-refractivity contribution in [3.8, 4) is 0 Å². The largest absolute Gasteiger partial charge is 0.469 e. The fourth-order valence-electron chi connectivity index (χ4n) is 3.18. The second-order valence-corrected chi connectivity index (χ2v) is 6.01. The molecule has 108 valence electrons. The van der Waals surface area contributed by atoms with Crippen LogP contribution in [0.1, 0.15) is 35.8 Å². The molecule has 0 saturated carbocycles. The number of amides is 1. The van der Waals surface area contributed by atoms with E-state index in [1.807, 2.05) is 18.2 Å². The molecule has 2 N–H and O–H groups in total. The number of carbonyl (C=O) groups is 1. The number of carbonyl (C=O) groups excluding carboxylic acids is 1. The highest BCUT2D eigenvalue weighted by atomic mass is 35.5. The first-order valence-electron chi connectivity index (χ1n) is 7.16. The number of hydrogen-bond acceptors (Lipinski definition) is 3. The summed E-state index contributed by atoms with van der Waals surface area (Å²) in [5, 5.41) is 6.95. The van der Waals surface area contributed by atoms with E-state index in [1.165, 1.54) is 5.56 Å². The lowest BCUT2D eigenvalue weighted by molar-refractivity contribution is -0.115. The second-order valence-electron chi connectivity index (χ2n) is 5.60. The number of fused-ring (bicyclic) bond motifs is 2. The Balaban J connectivity index is 1.65. The first-order valence-corrected chi connectivity index (χ1v) is 7.53. The number of anilines is 2. The van der Waals surface area contributed by atoms with Gasteiger partial charge in [-0.3, -0.25) is 4.79 Å². The van der Waals surface area contributed by atoms with Gasteiger partial charge in [0.05, 0.1) is 29.4 Å². The Morgan fingerprint density at radius 3 is 3.19 bits per heavy atom. The first kappa shape index (κ1) is 12.8. The van der Waals surface area contributed by atoms with Crippen LogP contribution in [0.5, 0.6) is 0 Å². The van der Waals surface area contributed by atoms with E-state index >= 15 is 0 Å². The number of benzene rings is 1. The summed E-state index contributed by atoms with van der Waals surface area (Å²) in [5.74, 6) is 1.08. The molecule has 0 spiro atoms. The van der Waals surface area contributed by atoms with Crippen molar-refractivity contribution in [1.82, 2.24) is 0 Å². The van der Waals surface area contributed by atoms with E-state index in [0.717, 1.165) is 42.0 Å². The Hall–Kier alpha value is -1.94. The molecule has 2 heterocycles. The zero-order valence-electron chi connectivity index (χ0n) is 11.4. The normalized spacial score (nSPS) is 19.9. The predicted octanol–water partition coefficient (Wildman–Crippen LogP) is 3.92. The summed E-state index contributed by atoms with van der Waals surface area (Å²) in [4.78, 5) is 11.5. The quantitative estimate of drug-likeness (QED) is 0.884. The van der Waals surface area contributed by atoms with Crippen molar-refractivity contribution in [2.24, 2.45) is 0 Å². The van der Waals surface area contributed by atoms with Crippen LogP contribution in [0.2, 0.25) is 5.02 Å². The predicted molar refractivity (Wildman–Crippen MR) is 81.8 cm³/mol. The Kier molecular flexibility index (Phi) is 2.93. The summed E-state index contributed by atoms with van der Waals surface area (Å²) >= 11 is 6.34. The highest BCUT2D eigenvalue weighted by Gasteiger charge is 2.25. The van der Waals surface area contributed by atoms with Gasteiger partial charge in [0.2, 0.25) is 5.91 Å². The molecular formula is C16H15ClN2O2. The van der Waals surface area contributed by atoms with Gasteiger partial charge in [-0.15, -0.1) is 0 Å². The van der Waals surface area contributed by atoms with Crippen molar-refractivity contribution < 1.29 is 9.21 Å². The molecule has 1 aliphatic carbocycles. The van der Waals surface area contributed by atoms with E-state index in [9.17, 15) is 4.79 Å². The summed E-state index contributed by atoms with van der Waals surface area (Å²) in [6.45, 7) is 0. The molecule has 1 unspecified atom stereocenters. The highest BCUT2D eigenvalue weighted by Crippen LogP contribution is 2.38. The van der Waals surface area contributed by atoms with Gasteiger partial charge >= 0.3 is 0 Å². The zero-order valence-corrected chi connectivity index (χ0v) is 12.2. The number of rotatable bonds is 2. The number of hydrogen-bond donors (Lipinski definition) is 2. The summed E-state index contributed by atoms with van der Waals surface area (Å²) in [7, 11) is 0. The molecular weight excluding hydrogens is 288 g/mol. The highest BCUT2D eigenvalue weighted by molar-refractivity contribution is 6.33. The van der Waals surface area contributed by atoms with Crippen molar-refractivity contribution in [1.29, 1.82) is 0 Å². The lowest BCUT2D eigenvalue weighted by Gasteiger charge is -2.24. The number of aryl methyl sites for hydroxylation is 1. The fourth-order valence-corrected chi connectivity index (χ4v) is 3.40. The third kappa shape index (κ3) is 2.20. The molecule has 21 heavy (non-hydrogen) atoms. The van der Waals surface area contributed by atoms with Gasteiger partial charge < -0.3 is 15.1 Å². The standard InChI is InChI=1S/C16H15ClN2O2/c17-11-8-13-9(7-16(20)19-13)6-14(11)18-12-2-1-3-15-10(12)4-5-21-15/h4-6,8,12,18H,1-3,7H2,(H,19,20). The summed E-state index contributed by atoms with van der Waals surface area (Å²) in [6.07, 6.45) is 5.31. The SMILES string of the molecule is O=C1Cc2cc(NC3CCCc4occc43)c(Cl)cc2N1. The first-order chi connectivity index (χ1) is 10.2. The van der Waals surface area contributed by atoms with Gasteiger partial charge in [-0.05, 0) is 36.6 Å². The topological polar surface area (TPSA) is 54.3 Å². The van der Waals surface area contributed by atoms with Crippen molar-refractivity contribution in [2.45, 2.75) is 31.7 Å². The summed E-state index contributed by atoms with van der Waals surface area (Å²) in [5.41, 5.74) is 3.91. The molecule has 1 atom stereocenters. The van der Waals surface area contributed by atoms with E-state index in [0.29, 0.717) is 11.4 Å². The monoisotopic (exact) mass is 302 g/mol. The van der Waals surface area contributed by atoms with Crippen LogP contribution in [0.3, 0.4) is 0 Å². The van der Waals surface area contributed by atoms with Gasteiger partial charge in [0, 0.05) is 17.7 Å². The van der Waals surface area contributed by atoms with Gasteiger partial charge in [0.1, 0.15) is 5.76 Å². The van der Waals surface area contributed by atoms with Crippen molar-refractivity contribution in [2.75, 3.05) is 10.6 Å². The summed E-state index contributed by atoms with van der Waals surface area (Å²) < 4.78 is 5.51. The molecule has 4 rings (SSSR count). The van der Waals surface area contributed by atoms with E-state index in [4.69, 9.17) is 16.0 Å². The van der Waals surface area contributed by atoms with Crippen LogP contribution in [-0.2, 0) is 17.6 Å². The smallest absolute Gasteiger partial charge is 0.228 e. The van der Waals surface area contributed by atoms with Gasteiger partial charge in [-0.2, -0.15) is 0 Å². The van der Waals surface area contributed by atoms with Crippen molar-refractivity contribution in [3.63, 3.8) is 0 Å². The molecule has 2 aliphatic rings. The van der Waals surface area contributed by atoms with Crippen LogP contribution >= 0.6 is 11.6 Å². The van der Waals surface area contributed by atoms with Crippen LogP contribution in [0.25, 0.3) is 0 Å². The maximum atomic E-state index is 11.5. The Bertz CT molecular complexity index is 723.